The van der Waals surface area contributed by atoms with E-state index in [1.54, 1.807) is 0 Å². The molecule has 246 valence electrons. The van der Waals surface area contributed by atoms with Crippen LogP contribution in [0.3, 0.4) is 0 Å². The number of nitrogens with two attached hydrogens (primary N) is 1. The number of rotatable bonds is 13. The van der Waals surface area contributed by atoms with Crippen LogP contribution in [0.25, 0.3) is 0 Å². The Balaban J connectivity index is 2.36. The normalized spacial score (nSPS) is 26.5. The van der Waals surface area contributed by atoms with Crippen LogP contribution in [0.5, 0.6) is 0 Å². The Morgan fingerprint density at radius 3 is 1.98 bits per heavy atom. The van der Waals surface area contributed by atoms with Gasteiger partial charge in [-0.1, -0.05) is 0 Å². The van der Waals surface area contributed by atoms with Gasteiger partial charge in [0.2, 0.25) is 12.6 Å². The molecule has 0 radical (unpaired) electrons. The van der Waals surface area contributed by atoms with Gasteiger partial charge in [0.25, 0.3) is 5.56 Å². The third-order valence-electron chi connectivity index (χ3n) is 5.63. The molecule has 0 spiro atoms. The number of halogens is 1. The summed E-state index contributed by atoms with van der Waals surface area (Å²) in [7, 11) is -5.04. The zero-order valence-electron chi connectivity index (χ0n) is 24.5. The van der Waals surface area contributed by atoms with E-state index >= 15 is 0 Å². The van der Waals surface area contributed by atoms with E-state index in [4.69, 9.17) is 43.1 Å². The number of nitrogen functional groups attached to an aromatic ring is 1. The molecule has 43 heavy (non-hydrogen) atoms. The molecule has 20 heteroatoms. The van der Waals surface area contributed by atoms with Crippen molar-refractivity contribution in [2.75, 3.05) is 19.1 Å². The molecule has 1 saturated heterocycles. The van der Waals surface area contributed by atoms with Crippen LogP contribution in [0.1, 0.15) is 54.7 Å². The number of carbonyl (C=O) groups is 2. The molecule has 2 rings (SSSR count). The molecule has 1 aliphatic rings. The molecule has 1 aromatic rings. The number of aliphatic hydroxyl groups excluding tert-OH is 1. The number of carbonyl (C=O) groups excluding carboxylic acids is 2. The molecule has 0 saturated carbocycles. The topological polar surface area (TPSA) is 236 Å². The third-order valence-corrected chi connectivity index (χ3v) is 7.18. The van der Waals surface area contributed by atoms with Crippen LogP contribution in [-0.2, 0) is 41.8 Å². The zero-order valence-corrected chi connectivity index (χ0v) is 25.4. The number of phosphoric ester groups is 1. The quantitative estimate of drug-likeness (QED) is 0.118. The van der Waals surface area contributed by atoms with Crippen molar-refractivity contribution in [3.05, 3.63) is 33.1 Å². The van der Waals surface area contributed by atoms with Gasteiger partial charge in [-0.2, -0.15) is 4.68 Å². The molecular weight excluding hydrogens is 608 g/mol. The number of alkyl halides is 1. The lowest BCUT2D eigenvalue weighted by molar-refractivity contribution is -0.148. The Labute approximate surface area is 244 Å². The Morgan fingerprint density at radius 2 is 1.53 bits per heavy atom. The summed E-state index contributed by atoms with van der Waals surface area (Å²) in [6.45, 7) is 6.52. The van der Waals surface area contributed by atoms with Crippen LogP contribution in [0.4, 0.5) is 14.0 Å². The molecule has 1 aliphatic heterocycles. The van der Waals surface area contributed by atoms with Gasteiger partial charge in [-0.05, 0) is 48.5 Å². The maximum atomic E-state index is 14.6. The van der Waals surface area contributed by atoms with Crippen LogP contribution in [-0.4, -0.2) is 87.1 Å². The Bertz CT molecular complexity index is 1270. The van der Waals surface area contributed by atoms with E-state index in [0.29, 0.717) is 4.57 Å². The van der Waals surface area contributed by atoms with E-state index < -0.39 is 93.0 Å². The van der Waals surface area contributed by atoms with E-state index in [0.717, 1.165) is 33.0 Å². The van der Waals surface area contributed by atoms with Gasteiger partial charge in [0.1, 0.15) is 18.4 Å². The van der Waals surface area contributed by atoms with Crippen molar-refractivity contribution < 1.29 is 66.0 Å². The molecule has 0 amide bonds. The fraction of sp³-hybridized carbons (Fsp3) is 0.739. The summed E-state index contributed by atoms with van der Waals surface area (Å²) >= 11 is 0. The highest BCUT2D eigenvalue weighted by Crippen LogP contribution is 2.54. The predicted octanol–water partition coefficient (Wildman–Crippen LogP) is 1.05. The number of ether oxygens (including phenoxy) is 5. The fourth-order valence-electron chi connectivity index (χ4n) is 3.75. The number of hydrogen-bond donors (Lipinski definition) is 3. The van der Waals surface area contributed by atoms with Crippen molar-refractivity contribution in [1.29, 1.82) is 0 Å². The van der Waals surface area contributed by atoms with Crippen molar-refractivity contribution in [1.82, 2.24) is 9.24 Å². The second kappa shape index (κ2) is 14.1. The smallest absolute Gasteiger partial charge is 0.432 e. The highest BCUT2D eigenvalue weighted by molar-refractivity contribution is 7.48. The third kappa shape index (κ3) is 8.98. The number of nitrogens with zero attached hydrogens (tertiary/aromatic N) is 2. The Kier molecular flexibility index (Phi) is 11.9. The van der Waals surface area contributed by atoms with Crippen LogP contribution >= 0.6 is 7.82 Å². The van der Waals surface area contributed by atoms with Gasteiger partial charge in [0, 0.05) is 12.3 Å². The van der Waals surface area contributed by atoms with Gasteiger partial charge in [0.15, 0.2) is 11.8 Å². The molecule has 3 unspecified atom stereocenters. The molecule has 0 bridgehead atoms. The zero-order chi connectivity index (χ0) is 32.9. The molecule has 1 aromatic heterocycles. The number of aliphatic hydroxyl groups is 2. The van der Waals surface area contributed by atoms with Crippen LogP contribution < -0.4 is 17.1 Å². The highest BCUT2D eigenvalue weighted by Gasteiger charge is 2.63. The summed E-state index contributed by atoms with van der Waals surface area (Å²) in [4.78, 5) is 48.0. The van der Waals surface area contributed by atoms with E-state index in [1.807, 2.05) is 0 Å². The minimum absolute atomic E-state index is 0.186. The Hall–Kier alpha value is -3.06. The largest absolute Gasteiger partial charge is 0.510 e. The lowest BCUT2D eigenvalue weighted by Gasteiger charge is -2.32. The summed E-state index contributed by atoms with van der Waals surface area (Å²) in [5, 5.41) is 22.0. The van der Waals surface area contributed by atoms with Crippen LogP contribution in [0, 0.1) is 0 Å². The minimum atomic E-state index is -5.04. The average molecular weight is 646 g/mol. The SMILES string of the molecule is CC(C)OC(=O)OC(C)OP(=O)(OC[C@@]1(CF)OC(n2ccc(=O)n(N)c2=O)[C@](C)(O)[C@@H]1O)OC(C)OC(=O)OC(C)C. The predicted molar refractivity (Wildman–Crippen MR) is 141 cm³/mol. The molecule has 2 heterocycles. The van der Waals surface area contributed by atoms with Crippen LogP contribution in [0.2, 0.25) is 0 Å². The summed E-state index contributed by atoms with van der Waals surface area (Å²) in [6, 6.07) is 0.854. The lowest BCUT2D eigenvalue weighted by atomic mass is 9.88. The summed E-state index contributed by atoms with van der Waals surface area (Å²) in [6.07, 6.45) is -10.1. The maximum Gasteiger partial charge on any atom is 0.510 e. The van der Waals surface area contributed by atoms with Gasteiger partial charge in [-0.15, -0.1) is 0 Å². The average Bonchev–Trinajstić information content (AvgIpc) is 3.05. The highest BCUT2D eigenvalue weighted by atomic mass is 31.2. The van der Waals surface area contributed by atoms with Crippen molar-refractivity contribution in [3.63, 3.8) is 0 Å². The van der Waals surface area contributed by atoms with Gasteiger partial charge in [-0.3, -0.25) is 13.9 Å². The molecule has 4 N–H and O–H groups in total. The van der Waals surface area contributed by atoms with Gasteiger partial charge < -0.3 is 39.7 Å². The monoisotopic (exact) mass is 645 g/mol. The van der Waals surface area contributed by atoms with E-state index in [9.17, 15) is 38.3 Å². The number of aromatic nitrogens is 2. The van der Waals surface area contributed by atoms with E-state index in [1.165, 1.54) is 27.7 Å². The van der Waals surface area contributed by atoms with E-state index in [2.05, 4.69) is 0 Å². The first-order valence-corrected chi connectivity index (χ1v) is 14.3. The second-order valence-corrected chi connectivity index (χ2v) is 11.7. The van der Waals surface area contributed by atoms with Crippen LogP contribution in [0.15, 0.2) is 21.9 Å². The van der Waals surface area contributed by atoms with Crippen molar-refractivity contribution in [2.24, 2.45) is 0 Å². The van der Waals surface area contributed by atoms with Gasteiger partial charge in [-0.25, -0.2) is 32.4 Å². The molecule has 18 nitrogen and oxygen atoms in total. The molecule has 0 aromatic carbocycles. The van der Waals surface area contributed by atoms with Gasteiger partial charge in [0.05, 0.1) is 18.8 Å². The van der Waals surface area contributed by atoms with Crippen molar-refractivity contribution >= 4 is 20.1 Å². The standard InChI is InChI=1S/C23H37FN3O15P/c1-12(2)36-20(31)38-14(5)41-43(34,42-15(6)39-21(32)37-13(3)4)35-11-23(10-24)17(29)22(7,33)18(40-23)26-9-8-16(28)27(25)19(26)30/h8-9,12-15,17-18,29,33H,10-11,25H2,1-7H3/t14?,15?,17-,18?,22+,23+,43?/m0/s1. The minimum Gasteiger partial charge on any atom is -0.432 e. The fourth-order valence-corrected chi connectivity index (χ4v) is 5.11. The first-order valence-electron chi connectivity index (χ1n) is 12.9. The second-order valence-electron chi connectivity index (χ2n) is 10.1. The first kappa shape index (κ1) is 36.1. The summed E-state index contributed by atoms with van der Waals surface area (Å²) in [5.74, 6) is 5.42. The Morgan fingerprint density at radius 1 is 1.05 bits per heavy atom. The molecule has 6 atom stereocenters. The molecule has 0 aliphatic carbocycles. The first-order chi connectivity index (χ1) is 19.8. The van der Waals surface area contributed by atoms with Gasteiger partial charge >= 0.3 is 25.8 Å². The van der Waals surface area contributed by atoms with Crippen molar-refractivity contribution in [2.45, 2.75) is 96.8 Å². The number of phosphoric acid groups is 1. The van der Waals surface area contributed by atoms with E-state index in [-0.39, 0.29) is 4.68 Å². The number of hydrogen-bond acceptors (Lipinski definition) is 16. The maximum absolute atomic E-state index is 14.6. The summed E-state index contributed by atoms with van der Waals surface area (Å²) in [5.41, 5.74) is -7.04. The molecular formula is C23H37FN3O15P. The summed E-state index contributed by atoms with van der Waals surface area (Å²) < 4.78 is 69.4. The van der Waals surface area contributed by atoms with Crippen molar-refractivity contribution in [3.8, 4) is 0 Å². The lowest BCUT2D eigenvalue weighted by Crippen LogP contribution is -2.53. The molecule has 1 fully saturated rings.